The molecule has 1 aromatic heterocycles. The first-order valence-electron chi connectivity index (χ1n) is 8.14. The van der Waals surface area contributed by atoms with Crippen LogP contribution < -0.4 is 5.73 Å². The molecule has 0 saturated heterocycles. The monoisotopic (exact) mass is 340 g/mol. The van der Waals surface area contributed by atoms with Gasteiger partial charge >= 0.3 is 0 Å². The number of fused-ring (bicyclic) bond motifs is 3. The second-order valence-electron chi connectivity index (χ2n) is 6.48. The molecule has 0 bridgehead atoms. The summed E-state index contributed by atoms with van der Waals surface area (Å²) in [6.45, 7) is 0. The quantitative estimate of drug-likeness (QED) is 0.780. The lowest BCUT2D eigenvalue weighted by Gasteiger charge is -2.19. The molecule has 2 aromatic carbocycles. The van der Waals surface area contributed by atoms with Crippen molar-refractivity contribution in [2.75, 3.05) is 0 Å². The summed E-state index contributed by atoms with van der Waals surface area (Å²) in [4.78, 5) is 0.666. The fourth-order valence-corrected chi connectivity index (χ4v) is 5.00. The normalized spacial score (nSPS) is 17.8. The fourth-order valence-electron chi connectivity index (χ4n) is 3.69. The molecule has 5 heteroatoms. The van der Waals surface area contributed by atoms with Crippen molar-refractivity contribution in [3.8, 4) is 0 Å². The average molecular weight is 340 g/mol. The highest BCUT2D eigenvalue weighted by Crippen LogP contribution is 2.33. The lowest BCUT2D eigenvalue weighted by Crippen LogP contribution is -2.28. The fraction of sp³-hybridized carbons (Fsp3) is 0.263. The average Bonchev–Trinajstić information content (AvgIpc) is 2.87. The van der Waals surface area contributed by atoms with E-state index in [0.29, 0.717) is 9.79 Å². The van der Waals surface area contributed by atoms with Crippen LogP contribution in [-0.2, 0) is 29.7 Å². The van der Waals surface area contributed by atoms with Crippen molar-refractivity contribution in [3.05, 3.63) is 59.8 Å². The molecule has 4 nitrogen and oxygen atoms in total. The first-order valence-corrected chi connectivity index (χ1v) is 9.62. The molecule has 1 aliphatic carbocycles. The molecular formula is C19H20N2O2S. The Morgan fingerprint density at radius 1 is 1.08 bits per heavy atom. The Hall–Kier alpha value is -2.11. The topological polar surface area (TPSA) is 65.1 Å². The Morgan fingerprint density at radius 2 is 1.83 bits per heavy atom. The summed E-state index contributed by atoms with van der Waals surface area (Å²) in [5, 5.41) is 1.01. The summed E-state index contributed by atoms with van der Waals surface area (Å²) in [6, 6.07) is 14.2. The van der Waals surface area contributed by atoms with Gasteiger partial charge in [0.1, 0.15) is 0 Å². The van der Waals surface area contributed by atoms with Crippen molar-refractivity contribution in [1.82, 2.24) is 4.57 Å². The largest absolute Gasteiger partial charge is 0.347 e. The Morgan fingerprint density at radius 3 is 2.58 bits per heavy atom. The first kappa shape index (κ1) is 15.4. The van der Waals surface area contributed by atoms with E-state index in [1.165, 1.54) is 11.3 Å². The van der Waals surface area contributed by atoms with E-state index in [2.05, 4.69) is 4.57 Å². The predicted molar refractivity (Wildman–Crippen MR) is 94.8 cm³/mol. The van der Waals surface area contributed by atoms with Crippen molar-refractivity contribution in [2.24, 2.45) is 12.8 Å². The molecule has 3 aromatic rings. The number of aromatic nitrogens is 1. The van der Waals surface area contributed by atoms with E-state index in [-0.39, 0.29) is 6.04 Å². The van der Waals surface area contributed by atoms with Crippen LogP contribution in [0.15, 0.2) is 58.3 Å². The maximum absolute atomic E-state index is 12.9. The van der Waals surface area contributed by atoms with Crippen molar-refractivity contribution in [3.63, 3.8) is 0 Å². The van der Waals surface area contributed by atoms with Crippen molar-refractivity contribution in [1.29, 1.82) is 0 Å². The van der Waals surface area contributed by atoms with Crippen LogP contribution in [0.5, 0.6) is 0 Å². The minimum absolute atomic E-state index is 0.150. The number of hydrogen-bond donors (Lipinski definition) is 1. The third-order valence-corrected chi connectivity index (χ3v) is 6.76. The number of nitrogens with zero attached hydrogens (tertiary/aromatic N) is 1. The van der Waals surface area contributed by atoms with Gasteiger partial charge in [-0.3, -0.25) is 0 Å². The first-order chi connectivity index (χ1) is 11.5. The number of hydrogen-bond acceptors (Lipinski definition) is 3. The lowest BCUT2D eigenvalue weighted by molar-refractivity contribution is 0.562. The molecule has 1 heterocycles. The van der Waals surface area contributed by atoms with Crippen molar-refractivity contribution >= 4 is 20.7 Å². The summed E-state index contributed by atoms with van der Waals surface area (Å²) < 4.78 is 27.9. The van der Waals surface area contributed by atoms with Crippen LogP contribution in [0.3, 0.4) is 0 Å². The number of sulfone groups is 1. The summed E-state index contributed by atoms with van der Waals surface area (Å²) in [7, 11) is -1.46. The van der Waals surface area contributed by atoms with Crippen LogP contribution in [-0.4, -0.2) is 19.0 Å². The smallest absolute Gasteiger partial charge is 0.206 e. The van der Waals surface area contributed by atoms with Crippen molar-refractivity contribution < 1.29 is 8.42 Å². The number of aryl methyl sites for hydroxylation is 1. The molecule has 4 rings (SSSR count). The van der Waals surface area contributed by atoms with Crippen LogP contribution in [0, 0.1) is 0 Å². The highest BCUT2D eigenvalue weighted by Gasteiger charge is 2.24. The summed E-state index contributed by atoms with van der Waals surface area (Å²) >= 11 is 0. The van der Waals surface area contributed by atoms with Gasteiger partial charge in [-0.15, -0.1) is 0 Å². The molecule has 0 radical (unpaired) electrons. The van der Waals surface area contributed by atoms with Gasteiger partial charge in [-0.25, -0.2) is 8.42 Å². The zero-order chi connectivity index (χ0) is 16.9. The molecule has 0 fully saturated rings. The Kier molecular flexibility index (Phi) is 3.51. The number of nitrogens with two attached hydrogens (primary N) is 1. The standard InChI is InChI=1S/C19H20N2O2S/c1-21-18-9-7-13(20)11-16(18)17-12-15(8-10-19(17)21)24(22,23)14-5-3-2-4-6-14/h2-6,8,10,12-13H,7,9,11,20H2,1H3/t13-/m1/s1. The lowest BCUT2D eigenvalue weighted by atomic mass is 9.92. The van der Waals surface area contributed by atoms with Gasteiger partial charge in [-0.2, -0.15) is 0 Å². The predicted octanol–water partition coefficient (Wildman–Crippen LogP) is 2.83. The maximum atomic E-state index is 12.9. The van der Waals surface area contributed by atoms with Gasteiger partial charge in [-0.1, -0.05) is 18.2 Å². The highest BCUT2D eigenvalue weighted by atomic mass is 32.2. The molecule has 0 aliphatic heterocycles. The van der Waals surface area contributed by atoms with E-state index < -0.39 is 9.84 Å². The van der Waals surface area contributed by atoms with Crippen LogP contribution in [0.1, 0.15) is 17.7 Å². The molecule has 0 saturated carbocycles. The summed E-state index contributed by atoms with van der Waals surface area (Å²) in [6.07, 6.45) is 2.73. The van der Waals surface area contributed by atoms with Crippen LogP contribution in [0.25, 0.3) is 10.9 Å². The second-order valence-corrected chi connectivity index (χ2v) is 8.43. The van der Waals surface area contributed by atoms with Crippen LogP contribution >= 0.6 is 0 Å². The molecule has 124 valence electrons. The van der Waals surface area contributed by atoms with E-state index in [0.717, 1.165) is 30.2 Å². The van der Waals surface area contributed by atoms with Gasteiger partial charge in [0.25, 0.3) is 0 Å². The molecular weight excluding hydrogens is 320 g/mol. The van der Waals surface area contributed by atoms with E-state index in [4.69, 9.17) is 5.73 Å². The molecule has 0 spiro atoms. The molecule has 0 amide bonds. The number of benzene rings is 2. The van der Waals surface area contributed by atoms with E-state index in [1.807, 2.05) is 25.2 Å². The molecule has 0 unspecified atom stereocenters. The summed E-state index contributed by atoms with van der Waals surface area (Å²) in [5.74, 6) is 0. The van der Waals surface area contributed by atoms with E-state index in [1.54, 1.807) is 30.3 Å². The van der Waals surface area contributed by atoms with E-state index >= 15 is 0 Å². The third kappa shape index (κ3) is 2.27. The molecule has 1 atom stereocenters. The maximum Gasteiger partial charge on any atom is 0.206 e. The SMILES string of the molecule is Cn1c2c(c3cc(S(=O)(=O)c4ccccc4)ccc31)C[C@H](N)CC2. The minimum atomic E-state index is -3.50. The zero-order valence-electron chi connectivity index (χ0n) is 13.6. The van der Waals surface area contributed by atoms with Gasteiger partial charge in [0.05, 0.1) is 9.79 Å². The minimum Gasteiger partial charge on any atom is -0.347 e. The third-order valence-electron chi connectivity index (χ3n) is 4.99. The summed E-state index contributed by atoms with van der Waals surface area (Å²) in [5.41, 5.74) is 9.69. The van der Waals surface area contributed by atoms with Gasteiger partial charge in [0.2, 0.25) is 9.84 Å². The van der Waals surface area contributed by atoms with Gasteiger partial charge in [-0.05, 0) is 55.2 Å². The molecule has 1 aliphatic rings. The second kappa shape index (κ2) is 5.46. The zero-order valence-corrected chi connectivity index (χ0v) is 14.4. The van der Waals surface area contributed by atoms with Gasteiger partial charge < -0.3 is 10.3 Å². The van der Waals surface area contributed by atoms with Gasteiger partial charge in [0.15, 0.2) is 0 Å². The van der Waals surface area contributed by atoms with E-state index in [9.17, 15) is 8.42 Å². The Balaban J connectivity index is 1.92. The Labute approximate surface area is 141 Å². The number of rotatable bonds is 2. The highest BCUT2D eigenvalue weighted by molar-refractivity contribution is 7.91. The van der Waals surface area contributed by atoms with Crippen LogP contribution in [0.2, 0.25) is 0 Å². The molecule has 24 heavy (non-hydrogen) atoms. The van der Waals surface area contributed by atoms with Crippen molar-refractivity contribution in [2.45, 2.75) is 35.1 Å². The van der Waals surface area contributed by atoms with Crippen LogP contribution in [0.4, 0.5) is 0 Å². The molecule has 2 N–H and O–H groups in total. The van der Waals surface area contributed by atoms with Gasteiger partial charge in [0, 0.05) is 29.7 Å². The Bertz CT molecular complexity index is 1020.